The summed E-state index contributed by atoms with van der Waals surface area (Å²) < 4.78 is 20.1. The molecule has 21 heavy (non-hydrogen) atoms. The molecule has 0 fully saturated rings. The Kier molecular flexibility index (Phi) is 6.03. The molecule has 2 rings (SSSR count). The van der Waals surface area contributed by atoms with Gasteiger partial charge in [-0.15, -0.1) is 0 Å². The van der Waals surface area contributed by atoms with Crippen molar-refractivity contribution in [1.82, 2.24) is 5.32 Å². The quantitative estimate of drug-likeness (QED) is 0.673. The average molecular weight is 373 g/mol. The first-order chi connectivity index (χ1) is 10.1. The van der Waals surface area contributed by atoms with Gasteiger partial charge in [-0.2, -0.15) is 0 Å². The molecule has 0 amide bonds. The molecule has 0 aliphatic carbocycles. The molecule has 0 atom stereocenters. The Hall–Kier alpha value is -1.10. The van der Waals surface area contributed by atoms with Gasteiger partial charge in [-0.1, -0.05) is 18.5 Å². The largest absolute Gasteiger partial charge is 0.456 e. The van der Waals surface area contributed by atoms with Crippen molar-refractivity contribution in [2.24, 2.45) is 0 Å². The molecule has 2 aromatic rings. The predicted octanol–water partition coefficient (Wildman–Crippen LogP) is 5.53. The summed E-state index contributed by atoms with van der Waals surface area (Å²) in [6.07, 6.45) is 1.04. The third-order valence-electron chi connectivity index (χ3n) is 2.81. The first kappa shape index (κ1) is 16.3. The molecule has 0 aliphatic heterocycles. The Morgan fingerprint density at radius 3 is 2.76 bits per heavy atom. The van der Waals surface area contributed by atoms with E-state index in [0.29, 0.717) is 23.1 Å². The van der Waals surface area contributed by atoms with Gasteiger partial charge in [0.15, 0.2) is 0 Å². The van der Waals surface area contributed by atoms with E-state index in [-0.39, 0.29) is 5.82 Å². The van der Waals surface area contributed by atoms with Gasteiger partial charge >= 0.3 is 0 Å². The van der Waals surface area contributed by atoms with Gasteiger partial charge in [0.2, 0.25) is 0 Å². The van der Waals surface area contributed by atoms with Crippen molar-refractivity contribution in [1.29, 1.82) is 0 Å². The van der Waals surface area contributed by atoms with E-state index in [4.69, 9.17) is 16.3 Å². The highest BCUT2D eigenvalue weighted by Crippen LogP contribution is 2.32. The van der Waals surface area contributed by atoms with Crippen LogP contribution >= 0.6 is 27.5 Å². The zero-order chi connectivity index (χ0) is 15.2. The van der Waals surface area contributed by atoms with E-state index in [0.717, 1.165) is 23.0 Å². The van der Waals surface area contributed by atoms with Gasteiger partial charge in [-0.05, 0) is 64.8 Å². The maximum absolute atomic E-state index is 13.7. The third-order valence-corrected chi connectivity index (χ3v) is 3.66. The lowest BCUT2D eigenvalue weighted by Gasteiger charge is -2.10. The third kappa shape index (κ3) is 4.99. The Morgan fingerprint density at radius 1 is 1.24 bits per heavy atom. The van der Waals surface area contributed by atoms with Crippen LogP contribution in [-0.2, 0) is 6.54 Å². The fourth-order valence-corrected chi connectivity index (χ4v) is 2.64. The van der Waals surface area contributed by atoms with Crippen LogP contribution in [0.25, 0.3) is 0 Å². The van der Waals surface area contributed by atoms with Crippen LogP contribution in [0.4, 0.5) is 4.39 Å². The molecule has 0 spiro atoms. The first-order valence-electron chi connectivity index (χ1n) is 6.71. The lowest BCUT2D eigenvalue weighted by atomic mass is 10.2. The van der Waals surface area contributed by atoms with Gasteiger partial charge in [-0.3, -0.25) is 0 Å². The maximum atomic E-state index is 13.7. The van der Waals surface area contributed by atoms with Gasteiger partial charge < -0.3 is 10.1 Å². The molecule has 0 radical (unpaired) electrons. The fourth-order valence-electron chi connectivity index (χ4n) is 1.88. The van der Waals surface area contributed by atoms with Crippen LogP contribution in [-0.4, -0.2) is 6.54 Å². The lowest BCUT2D eigenvalue weighted by Crippen LogP contribution is -2.13. The Labute approximate surface area is 137 Å². The van der Waals surface area contributed by atoms with Gasteiger partial charge in [0.1, 0.15) is 17.3 Å². The summed E-state index contributed by atoms with van der Waals surface area (Å²) in [5.41, 5.74) is 0.850. The number of halogens is 3. The first-order valence-corrected chi connectivity index (χ1v) is 7.88. The predicted molar refractivity (Wildman–Crippen MR) is 87.6 cm³/mol. The average Bonchev–Trinajstić information content (AvgIpc) is 2.42. The number of ether oxygens (including phenoxy) is 1. The summed E-state index contributed by atoms with van der Waals surface area (Å²) in [5.74, 6) is 0.745. The number of hydrogen-bond donors (Lipinski definition) is 1. The summed E-state index contributed by atoms with van der Waals surface area (Å²) in [6.45, 7) is 3.60. The van der Waals surface area contributed by atoms with E-state index in [1.165, 1.54) is 12.1 Å². The van der Waals surface area contributed by atoms with E-state index in [1.807, 2.05) is 6.07 Å². The monoisotopic (exact) mass is 371 g/mol. The second-order valence-electron chi connectivity index (χ2n) is 4.65. The number of benzene rings is 2. The lowest BCUT2D eigenvalue weighted by molar-refractivity contribution is 0.472. The number of rotatable bonds is 6. The smallest absolute Gasteiger partial charge is 0.141 e. The van der Waals surface area contributed by atoms with Crippen LogP contribution in [0.2, 0.25) is 5.02 Å². The Bertz CT molecular complexity index is 621. The molecule has 0 bridgehead atoms. The molecule has 112 valence electrons. The molecule has 0 aliphatic rings. The van der Waals surface area contributed by atoms with Crippen LogP contribution in [0.5, 0.6) is 11.5 Å². The summed E-state index contributed by atoms with van der Waals surface area (Å²) in [7, 11) is 0. The van der Waals surface area contributed by atoms with E-state index >= 15 is 0 Å². The van der Waals surface area contributed by atoms with Crippen LogP contribution in [0, 0.1) is 5.82 Å². The zero-order valence-corrected chi connectivity index (χ0v) is 14.0. The van der Waals surface area contributed by atoms with E-state index in [1.54, 1.807) is 18.2 Å². The maximum Gasteiger partial charge on any atom is 0.141 e. The van der Waals surface area contributed by atoms with Gasteiger partial charge in [0.25, 0.3) is 0 Å². The summed E-state index contributed by atoms with van der Waals surface area (Å²) in [4.78, 5) is 0. The van der Waals surface area contributed by atoms with Crippen LogP contribution in [0.3, 0.4) is 0 Å². The topological polar surface area (TPSA) is 21.3 Å². The molecular weight excluding hydrogens is 357 g/mol. The van der Waals surface area contributed by atoms with Crippen molar-refractivity contribution in [3.8, 4) is 11.5 Å². The van der Waals surface area contributed by atoms with Crippen molar-refractivity contribution >= 4 is 27.5 Å². The highest BCUT2D eigenvalue weighted by atomic mass is 79.9. The van der Waals surface area contributed by atoms with Crippen molar-refractivity contribution in [2.45, 2.75) is 19.9 Å². The number of hydrogen-bond acceptors (Lipinski definition) is 2. The Morgan fingerprint density at radius 2 is 2.05 bits per heavy atom. The minimum Gasteiger partial charge on any atom is -0.456 e. The second kappa shape index (κ2) is 7.78. The standard InChI is InChI=1S/C16H16BrClFNO/c1-2-5-20-10-11-6-13(19)9-14(7-11)21-16-4-3-12(18)8-15(16)17/h3-4,6-9,20H,2,5,10H2,1H3. The highest BCUT2D eigenvalue weighted by Gasteiger charge is 2.06. The van der Waals surface area contributed by atoms with E-state index in [9.17, 15) is 4.39 Å². The van der Waals surface area contributed by atoms with Crippen molar-refractivity contribution in [2.75, 3.05) is 6.54 Å². The van der Waals surface area contributed by atoms with Crippen LogP contribution in [0.1, 0.15) is 18.9 Å². The van der Waals surface area contributed by atoms with Gasteiger partial charge in [0.05, 0.1) is 4.47 Å². The van der Waals surface area contributed by atoms with Gasteiger partial charge in [-0.25, -0.2) is 4.39 Å². The molecule has 0 saturated carbocycles. The minimum atomic E-state index is -0.314. The molecule has 5 heteroatoms. The van der Waals surface area contributed by atoms with Gasteiger partial charge in [0, 0.05) is 17.6 Å². The minimum absolute atomic E-state index is 0.314. The molecule has 0 heterocycles. The van der Waals surface area contributed by atoms with Crippen molar-refractivity contribution < 1.29 is 9.13 Å². The second-order valence-corrected chi connectivity index (χ2v) is 5.94. The summed E-state index contributed by atoms with van der Waals surface area (Å²) in [5, 5.41) is 3.85. The molecular formula is C16H16BrClFNO. The van der Waals surface area contributed by atoms with Crippen LogP contribution in [0.15, 0.2) is 40.9 Å². The zero-order valence-electron chi connectivity index (χ0n) is 11.6. The molecule has 0 saturated heterocycles. The fraction of sp³-hybridized carbons (Fsp3) is 0.250. The van der Waals surface area contributed by atoms with E-state index < -0.39 is 0 Å². The van der Waals surface area contributed by atoms with E-state index in [2.05, 4.69) is 28.2 Å². The molecule has 0 aromatic heterocycles. The SMILES string of the molecule is CCCNCc1cc(F)cc(Oc2ccc(Cl)cc2Br)c1. The molecule has 2 aromatic carbocycles. The molecule has 2 nitrogen and oxygen atoms in total. The molecule has 1 N–H and O–H groups in total. The molecule has 0 unspecified atom stereocenters. The van der Waals surface area contributed by atoms with Crippen molar-refractivity contribution in [3.63, 3.8) is 0 Å². The summed E-state index contributed by atoms with van der Waals surface area (Å²) >= 11 is 9.26. The Balaban J connectivity index is 2.15. The number of nitrogens with one attached hydrogen (secondary N) is 1. The normalized spacial score (nSPS) is 10.7. The van der Waals surface area contributed by atoms with Crippen LogP contribution < -0.4 is 10.1 Å². The summed E-state index contributed by atoms with van der Waals surface area (Å²) in [6, 6.07) is 9.90. The highest BCUT2D eigenvalue weighted by molar-refractivity contribution is 9.10. The van der Waals surface area contributed by atoms with Crippen molar-refractivity contribution in [3.05, 3.63) is 57.3 Å².